The molecule has 0 unspecified atom stereocenters. The van der Waals surface area contributed by atoms with Crippen molar-refractivity contribution in [1.29, 1.82) is 0 Å². The molecule has 0 spiro atoms. The number of nitrogens with zero attached hydrogens (tertiary/aromatic N) is 5. The number of rotatable bonds is 6. The minimum atomic E-state index is 0.00928. The van der Waals surface area contributed by atoms with Crippen molar-refractivity contribution in [2.24, 2.45) is 7.05 Å². The summed E-state index contributed by atoms with van der Waals surface area (Å²) >= 11 is 1.53. The Bertz CT molecular complexity index is 768. The number of methoxy groups -OCH3 is 1. The van der Waals surface area contributed by atoms with Crippen molar-refractivity contribution in [2.45, 2.75) is 23.8 Å². The summed E-state index contributed by atoms with van der Waals surface area (Å²) in [5.41, 5.74) is 1.10. The molecular formula is C15H17N5O2S. The van der Waals surface area contributed by atoms with E-state index in [0.29, 0.717) is 18.1 Å². The first-order valence-corrected chi connectivity index (χ1v) is 7.99. The number of benzene rings is 1. The van der Waals surface area contributed by atoms with Gasteiger partial charge in [-0.2, -0.15) is 4.98 Å². The first-order chi connectivity index (χ1) is 11.2. The molecule has 0 saturated heterocycles. The van der Waals surface area contributed by atoms with Crippen LogP contribution in [0.15, 0.2) is 40.3 Å². The Morgan fingerprint density at radius 1 is 1.30 bits per heavy atom. The lowest BCUT2D eigenvalue weighted by Gasteiger charge is -2.04. The number of aromatic nitrogens is 5. The van der Waals surface area contributed by atoms with Gasteiger partial charge in [0.2, 0.25) is 5.89 Å². The summed E-state index contributed by atoms with van der Waals surface area (Å²) in [7, 11) is 3.55. The second-order valence-corrected chi connectivity index (χ2v) is 6.37. The Morgan fingerprint density at radius 3 is 2.74 bits per heavy atom. The van der Waals surface area contributed by atoms with Crippen LogP contribution in [0.2, 0.25) is 0 Å². The van der Waals surface area contributed by atoms with E-state index in [0.717, 1.165) is 16.5 Å². The zero-order chi connectivity index (χ0) is 16.2. The Labute approximate surface area is 138 Å². The van der Waals surface area contributed by atoms with Crippen molar-refractivity contribution in [1.82, 2.24) is 24.9 Å². The molecule has 8 heteroatoms. The van der Waals surface area contributed by atoms with Crippen molar-refractivity contribution in [3.8, 4) is 5.75 Å². The maximum absolute atomic E-state index is 5.37. The predicted octanol–water partition coefficient (Wildman–Crippen LogP) is 2.65. The summed E-state index contributed by atoms with van der Waals surface area (Å²) in [5, 5.41) is 12.8. The lowest BCUT2D eigenvalue weighted by Crippen LogP contribution is -1.95. The van der Waals surface area contributed by atoms with Gasteiger partial charge < -0.3 is 13.8 Å². The molecule has 1 aromatic carbocycles. The summed E-state index contributed by atoms with van der Waals surface area (Å²) in [4.78, 5) is 4.47. The first-order valence-electron chi connectivity index (χ1n) is 7.12. The fourth-order valence-corrected chi connectivity index (χ4v) is 2.84. The third-order valence-corrected chi connectivity index (χ3v) is 4.44. The van der Waals surface area contributed by atoms with E-state index in [2.05, 4.69) is 20.3 Å². The second kappa shape index (κ2) is 6.82. The molecule has 3 aromatic rings. The summed E-state index contributed by atoms with van der Waals surface area (Å²) < 4.78 is 12.4. The summed E-state index contributed by atoms with van der Waals surface area (Å²) in [6.07, 6.45) is 2.28. The predicted molar refractivity (Wildman–Crippen MR) is 85.4 cm³/mol. The standard InChI is InChI=1S/C15H17N5O2S/c1-10(23-15-18-16-9-20(15)2)14-17-13(19-22-14)8-11-4-6-12(21-3)7-5-11/h4-7,9-10H,8H2,1-3H3/t10-/m1/s1. The van der Waals surface area contributed by atoms with Crippen molar-refractivity contribution in [2.75, 3.05) is 7.11 Å². The zero-order valence-electron chi connectivity index (χ0n) is 13.1. The lowest BCUT2D eigenvalue weighted by atomic mass is 10.1. The average Bonchev–Trinajstić information content (AvgIpc) is 3.18. The minimum absolute atomic E-state index is 0.00928. The van der Waals surface area contributed by atoms with Gasteiger partial charge in [0.15, 0.2) is 11.0 Å². The Hall–Kier alpha value is -2.35. The van der Waals surface area contributed by atoms with Gasteiger partial charge in [-0.25, -0.2) is 0 Å². The van der Waals surface area contributed by atoms with Crippen LogP contribution in [0, 0.1) is 0 Å². The molecule has 2 heterocycles. The average molecular weight is 331 g/mol. The highest BCUT2D eigenvalue weighted by atomic mass is 32.2. The van der Waals surface area contributed by atoms with E-state index in [4.69, 9.17) is 9.26 Å². The maximum Gasteiger partial charge on any atom is 0.239 e. The van der Waals surface area contributed by atoms with Crippen molar-refractivity contribution in [3.05, 3.63) is 47.9 Å². The molecular weight excluding hydrogens is 314 g/mol. The van der Waals surface area contributed by atoms with E-state index in [-0.39, 0.29) is 5.25 Å². The van der Waals surface area contributed by atoms with Crippen LogP contribution in [0.5, 0.6) is 5.75 Å². The third kappa shape index (κ3) is 3.70. The molecule has 7 nitrogen and oxygen atoms in total. The number of thioether (sulfide) groups is 1. The summed E-state index contributed by atoms with van der Waals surface area (Å²) in [6.45, 7) is 2.00. The molecule has 0 aliphatic carbocycles. The maximum atomic E-state index is 5.37. The summed E-state index contributed by atoms with van der Waals surface area (Å²) in [6, 6.07) is 7.82. The van der Waals surface area contributed by atoms with Gasteiger partial charge in [-0.1, -0.05) is 29.1 Å². The van der Waals surface area contributed by atoms with Crippen LogP contribution in [0.1, 0.15) is 29.5 Å². The van der Waals surface area contributed by atoms with Crippen LogP contribution in [-0.2, 0) is 13.5 Å². The molecule has 0 N–H and O–H groups in total. The molecule has 0 aliphatic rings. The lowest BCUT2D eigenvalue weighted by molar-refractivity contribution is 0.375. The van der Waals surface area contributed by atoms with E-state index in [1.165, 1.54) is 11.8 Å². The molecule has 3 rings (SSSR count). The van der Waals surface area contributed by atoms with Gasteiger partial charge in [-0.3, -0.25) is 0 Å². The molecule has 0 saturated carbocycles. The van der Waals surface area contributed by atoms with Gasteiger partial charge in [0.25, 0.3) is 0 Å². The molecule has 0 amide bonds. The SMILES string of the molecule is COc1ccc(Cc2noc([C@@H](C)Sc3nncn3C)n2)cc1. The van der Waals surface area contributed by atoms with Gasteiger partial charge in [0.05, 0.1) is 12.4 Å². The molecule has 120 valence electrons. The van der Waals surface area contributed by atoms with Crippen molar-refractivity contribution < 1.29 is 9.26 Å². The van der Waals surface area contributed by atoms with Crippen molar-refractivity contribution >= 4 is 11.8 Å². The van der Waals surface area contributed by atoms with E-state index in [9.17, 15) is 0 Å². The van der Waals surface area contributed by atoms with E-state index < -0.39 is 0 Å². The molecule has 0 bridgehead atoms. The fourth-order valence-electron chi connectivity index (χ4n) is 2.02. The highest BCUT2D eigenvalue weighted by molar-refractivity contribution is 7.99. The van der Waals surface area contributed by atoms with Gasteiger partial charge in [-0.15, -0.1) is 10.2 Å². The van der Waals surface area contributed by atoms with Crippen LogP contribution in [0.3, 0.4) is 0 Å². The molecule has 0 aliphatic heterocycles. The number of hydrogen-bond acceptors (Lipinski definition) is 7. The quantitative estimate of drug-likeness (QED) is 0.642. The van der Waals surface area contributed by atoms with Gasteiger partial charge in [-0.05, 0) is 24.6 Å². The zero-order valence-corrected chi connectivity index (χ0v) is 13.9. The second-order valence-electron chi connectivity index (χ2n) is 5.06. The summed E-state index contributed by atoms with van der Waals surface area (Å²) in [5.74, 6) is 2.08. The van der Waals surface area contributed by atoms with Gasteiger partial charge >= 0.3 is 0 Å². The number of ether oxygens (including phenoxy) is 1. The fraction of sp³-hybridized carbons (Fsp3) is 0.333. The highest BCUT2D eigenvalue weighted by Crippen LogP contribution is 2.32. The number of aryl methyl sites for hydroxylation is 1. The number of hydrogen-bond donors (Lipinski definition) is 0. The molecule has 0 fully saturated rings. The minimum Gasteiger partial charge on any atom is -0.497 e. The Balaban J connectivity index is 1.66. The topological polar surface area (TPSA) is 78.9 Å². The molecule has 2 aromatic heterocycles. The monoisotopic (exact) mass is 331 g/mol. The largest absolute Gasteiger partial charge is 0.497 e. The van der Waals surface area contributed by atoms with E-state index >= 15 is 0 Å². The molecule has 1 atom stereocenters. The van der Waals surface area contributed by atoms with Crippen molar-refractivity contribution in [3.63, 3.8) is 0 Å². The van der Waals surface area contributed by atoms with Crippen LogP contribution < -0.4 is 4.74 Å². The molecule has 0 radical (unpaired) electrons. The van der Waals surface area contributed by atoms with Crippen LogP contribution in [-0.4, -0.2) is 32.0 Å². The van der Waals surface area contributed by atoms with E-state index in [1.807, 2.05) is 42.8 Å². The highest BCUT2D eigenvalue weighted by Gasteiger charge is 2.18. The van der Waals surface area contributed by atoms with E-state index in [1.54, 1.807) is 13.4 Å². The normalized spacial score (nSPS) is 12.3. The smallest absolute Gasteiger partial charge is 0.239 e. The molecule has 23 heavy (non-hydrogen) atoms. The van der Waals surface area contributed by atoms with Gasteiger partial charge in [0, 0.05) is 13.5 Å². The Morgan fingerprint density at radius 2 is 2.09 bits per heavy atom. The van der Waals surface area contributed by atoms with Crippen LogP contribution >= 0.6 is 11.8 Å². The first kappa shape index (κ1) is 15.5. The third-order valence-electron chi connectivity index (χ3n) is 3.30. The van der Waals surface area contributed by atoms with Gasteiger partial charge in [0.1, 0.15) is 12.1 Å². The Kier molecular flexibility index (Phi) is 4.61. The van der Waals surface area contributed by atoms with Crippen LogP contribution in [0.25, 0.3) is 0 Å². The van der Waals surface area contributed by atoms with Crippen LogP contribution in [0.4, 0.5) is 0 Å².